The number of para-hydroxylation sites is 2. The fraction of sp³-hybridized carbons (Fsp3) is 0.278. The fourth-order valence-corrected chi connectivity index (χ4v) is 3.33. The Morgan fingerprint density at radius 2 is 1.83 bits per heavy atom. The highest BCUT2D eigenvalue weighted by Gasteiger charge is 2.21. The Morgan fingerprint density at radius 3 is 2.52 bits per heavy atom. The molecule has 0 aliphatic rings. The van der Waals surface area contributed by atoms with Crippen LogP contribution in [0.2, 0.25) is 0 Å². The van der Waals surface area contributed by atoms with Gasteiger partial charge in [-0.2, -0.15) is 0 Å². The van der Waals surface area contributed by atoms with Gasteiger partial charge in [0, 0.05) is 16.6 Å². The minimum absolute atomic E-state index is 0.276. The maximum atomic E-state index is 12.5. The summed E-state index contributed by atoms with van der Waals surface area (Å²) < 4.78 is 17.7. The van der Waals surface area contributed by atoms with Crippen LogP contribution in [-0.4, -0.2) is 22.5 Å². The maximum absolute atomic E-state index is 12.5. The fourth-order valence-electron chi connectivity index (χ4n) is 2.15. The van der Waals surface area contributed by atoms with Crippen LogP contribution in [0.15, 0.2) is 48.5 Å². The maximum Gasteiger partial charge on any atom is 0.239 e. The van der Waals surface area contributed by atoms with Crippen LogP contribution in [0.5, 0.6) is 5.75 Å². The summed E-state index contributed by atoms with van der Waals surface area (Å²) in [5.74, 6) is 0.673. The molecule has 0 unspecified atom stereocenters. The van der Waals surface area contributed by atoms with Gasteiger partial charge in [-0.25, -0.2) is 0 Å². The predicted molar refractivity (Wildman–Crippen MR) is 94.1 cm³/mol. The molecule has 0 saturated carbocycles. The molecule has 2 atom stereocenters. The average molecular weight is 331 g/mol. The minimum Gasteiger partial charge on any atom is -0.495 e. The van der Waals surface area contributed by atoms with E-state index < -0.39 is 16.0 Å². The van der Waals surface area contributed by atoms with Crippen LogP contribution in [0.1, 0.15) is 18.1 Å². The van der Waals surface area contributed by atoms with Crippen LogP contribution in [0.25, 0.3) is 0 Å². The van der Waals surface area contributed by atoms with Crippen LogP contribution < -0.4 is 10.1 Å². The van der Waals surface area contributed by atoms with Gasteiger partial charge in [0.15, 0.2) is 0 Å². The molecule has 4 nitrogen and oxygen atoms in total. The number of amides is 1. The summed E-state index contributed by atoms with van der Waals surface area (Å²) in [7, 11) is 0.255. The van der Waals surface area contributed by atoms with E-state index in [0.29, 0.717) is 17.2 Å². The summed E-state index contributed by atoms with van der Waals surface area (Å²) in [6.07, 6.45) is 0. The molecule has 2 aromatic carbocycles. The lowest BCUT2D eigenvalue weighted by atomic mass is 10.1. The standard InChI is InChI=1S/C18H21NO3S/c1-13-8-4-5-9-15(13)12-23(21)14(2)18(20)19-16-10-6-7-11-17(16)22-3/h4-11,14H,12H2,1-3H3,(H,19,20)/t14-,23+/m1/s1. The molecule has 0 heterocycles. The Morgan fingerprint density at radius 1 is 1.17 bits per heavy atom. The van der Waals surface area contributed by atoms with Crippen molar-refractivity contribution in [1.82, 2.24) is 0 Å². The first-order valence-corrected chi connectivity index (χ1v) is 8.76. The van der Waals surface area contributed by atoms with E-state index in [-0.39, 0.29) is 5.91 Å². The Bertz CT molecular complexity index is 715. The van der Waals surface area contributed by atoms with Crippen LogP contribution >= 0.6 is 0 Å². The number of hydrogen-bond donors (Lipinski definition) is 1. The molecule has 0 aliphatic heterocycles. The average Bonchev–Trinajstić information content (AvgIpc) is 2.56. The van der Waals surface area contributed by atoms with Crippen molar-refractivity contribution in [3.05, 3.63) is 59.7 Å². The molecule has 1 amide bonds. The number of benzene rings is 2. The first-order valence-electron chi connectivity index (χ1n) is 7.38. The van der Waals surface area contributed by atoms with Gasteiger partial charge in [-0.15, -0.1) is 0 Å². The highest BCUT2D eigenvalue weighted by molar-refractivity contribution is 7.85. The zero-order chi connectivity index (χ0) is 16.8. The highest BCUT2D eigenvalue weighted by atomic mass is 32.2. The van der Waals surface area contributed by atoms with Crippen LogP contribution in [0.3, 0.4) is 0 Å². The number of ether oxygens (including phenoxy) is 1. The number of carbonyl (C=O) groups excluding carboxylic acids is 1. The smallest absolute Gasteiger partial charge is 0.239 e. The first kappa shape index (κ1) is 17.2. The Kier molecular flexibility index (Phi) is 5.93. The minimum atomic E-state index is -1.29. The van der Waals surface area contributed by atoms with Crippen molar-refractivity contribution in [3.63, 3.8) is 0 Å². The van der Waals surface area contributed by atoms with Gasteiger partial charge in [-0.1, -0.05) is 36.4 Å². The second kappa shape index (κ2) is 7.92. The monoisotopic (exact) mass is 331 g/mol. The van der Waals surface area contributed by atoms with Crippen molar-refractivity contribution >= 4 is 22.4 Å². The molecule has 23 heavy (non-hydrogen) atoms. The van der Waals surface area contributed by atoms with Crippen LogP contribution in [0, 0.1) is 6.92 Å². The van der Waals surface area contributed by atoms with Gasteiger partial charge in [0.1, 0.15) is 11.0 Å². The SMILES string of the molecule is COc1ccccc1NC(=O)[C@@H](C)[S@@](=O)Cc1ccccc1C. The van der Waals surface area contributed by atoms with E-state index in [0.717, 1.165) is 11.1 Å². The number of nitrogens with one attached hydrogen (secondary N) is 1. The van der Waals surface area contributed by atoms with Gasteiger partial charge in [-0.3, -0.25) is 9.00 Å². The van der Waals surface area contributed by atoms with Crippen molar-refractivity contribution < 1.29 is 13.7 Å². The van der Waals surface area contributed by atoms with Gasteiger partial charge in [0.2, 0.25) is 5.91 Å². The number of rotatable bonds is 6. The van der Waals surface area contributed by atoms with Crippen molar-refractivity contribution in [2.45, 2.75) is 24.9 Å². The van der Waals surface area contributed by atoms with Crippen molar-refractivity contribution in [3.8, 4) is 5.75 Å². The Labute approximate surface area is 139 Å². The van der Waals surface area contributed by atoms with E-state index >= 15 is 0 Å². The van der Waals surface area contributed by atoms with Gasteiger partial charge in [0.25, 0.3) is 0 Å². The largest absolute Gasteiger partial charge is 0.495 e. The van der Waals surface area contributed by atoms with E-state index in [2.05, 4.69) is 5.32 Å². The summed E-state index contributed by atoms with van der Waals surface area (Å²) in [5, 5.41) is 2.17. The Hall–Kier alpha value is -2.14. The third-order valence-corrected chi connectivity index (χ3v) is 5.29. The lowest BCUT2D eigenvalue weighted by Crippen LogP contribution is -2.30. The molecular formula is C18H21NO3S. The molecule has 122 valence electrons. The molecule has 0 saturated heterocycles. The van der Waals surface area contributed by atoms with E-state index in [9.17, 15) is 9.00 Å². The number of aryl methyl sites for hydroxylation is 1. The van der Waals surface area contributed by atoms with Crippen LogP contribution in [0.4, 0.5) is 5.69 Å². The van der Waals surface area contributed by atoms with Gasteiger partial charge in [-0.05, 0) is 37.1 Å². The van der Waals surface area contributed by atoms with E-state index in [4.69, 9.17) is 4.74 Å². The summed E-state index contributed by atoms with van der Waals surface area (Å²) in [4.78, 5) is 12.3. The molecule has 5 heteroatoms. The topological polar surface area (TPSA) is 55.4 Å². The van der Waals surface area contributed by atoms with Gasteiger partial charge < -0.3 is 10.1 Å². The molecule has 0 aliphatic carbocycles. The Balaban J connectivity index is 2.04. The van der Waals surface area contributed by atoms with Gasteiger partial charge in [0.05, 0.1) is 12.8 Å². The summed E-state index contributed by atoms with van der Waals surface area (Å²) in [6.45, 7) is 3.66. The molecule has 0 fully saturated rings. The van der Waals surface area contributed by atoms with E-state index in [1.807, 2.05) is 43.3 Å². The molecule has 0 bridgehead atoms. The summed E-state index contributed by atoms with van der Waals surface area (Å²) in [6, 6.07) is 14.9. The third-order valence-electron chi connectivity index (χ3n) is 3.69. The van der Waals surface area contributed by atoms with E-state index in [1.165, 1.54) is 0 Å². The predicted octanol–water partition coefficient (Wildman–Crippen LogP) is 3.28. The zero-order valence-electron chi connectivity index (χ0n) is 13.5. The second-order valence-corrected chi connectivity index (χ2v) is 7.04. The molecule has 2 aromatic rings. The van der Waals surface area contributed by atoms with Gasteiger partial charge >= 0.3 is 0 Å². The zero-order valence-corrected chi connectivity index (χ0v) is 14.4. The van der Waals surface area contributed by atoms with E-state index in [1.54, 1.807) is 26.2 Å². The molecular weight excluding hydrogens is 310 g/mol. The van der Waals surface area contributed by atoms with Crippen LogP contribution in [-0.2, 0) is 21.3 Å². The third kappa shape index (κ3) is 4.42. The number of anilines is 1. The quantitative estimate of drug-likeness (QED) is 0.884. The summed E-state index contributed by atoms with van der Waals surface area (Å²) >= 11 is 0. The normalized spacial score (nSPS) is 13.2. The number of methoxy groups -OCH3 is 1. The van der Waals surface area contributed by atoms with Crippen molar-refractivity contribution in [1.29, 1.82) is 0 Å². The second-order valence-electron chi connectivity index (χ2n) is 5.28. The number of hydrogen-bond acceptors (Lipinski definition) is 3. The van der Waals surface area contributed by atoms with Crippen molar-refractivity contribution in [2.75, 3.05) is 12.4 Å². The summed E-state index contributed by atoms with van der Waals surface area (Å²) in [5.41, 5.74) is 2.67. The molecule has 2 rings (SSSR count). The molecule has 1 N–H and O–H groups in total. The number of carbonyl (C=O) groups is 1. The lowest BCUT2D eigenvalue weighted by molar-refractivity contribution is -0.115. The van der Waals surface area contributed by atoms with Crippen molar-refractivity contribution in [2.24, 2.45) is 0 Å². The highest BCUT2D eigenvalue weighted by Crippen LogP contribution is 2.23. The molecule has 0 radical (unpaired) electrons. The molecule has 0 aromatic heterocycles. The first-order chi connectivity index (χ1) is 11.0. The molecule has 0 spiro atoms. The lowest BCUT2D eigenvalue weighted by Gasteiger charge is -2.15.